The van der Waals surface area contributed by atoms with E-state index in [9.17, 15) is 8.42 Å². The molecule has 0 aromatic heterocycles. The first kappa shape index (κ1) is 17.9. The molecular formula is C13H20BrClN2O2S. The van der Waals surface area contributed by atoms with Gasteiger partial charge in [0.25, 0.3) is 0 Å². The van der Waals surface area contributed by atoms with Crippen molar-refractivity contribution in [3.8, 4) is 0 Å². The van der Waals surface area contributed by atoms with E-state index in [1.54, 1.807) is 22.5 Å². The van der Waals surface area contributed by atoms with Gasteiger partial charge in [-0.15, -0.1) is 12.4 Å². The van der Waals surface area contributed by atoms with Crippen molar-refractivity contribution in [2.75, 3.05) is 19.6 Å². The van der Waals surface area contributed by atoms with E-state index in [0.29, 0.717) is 30.4 Å². The first-order valence-electron chi connectivity index (χ1n) is 6.50. The minimum Gasteiger partial charge on any atom is -0.330 e. The van der Waals surface area contributed by atoms with Crippen molar-refractivity contribution in [2.24, 2.45) is 11.7 Å². The van der Waals surface area contributed by atoms with Crippen molar-refractivity contribution in [1.29, 1.82) is 0 Å². The highest BCUT2D eigenvalue weighted by molar-refractivity contribution is 9.10. The molecule has 1 aliphatic heterocycles. The van der Waals surface area contributed by atoms with Crippen molar-refractivity contribution < 1.29 is 8.42 Å². The molecule has 1 unspecified atom stereocenters. The zero-order valence-electron chi connectivity index (χ0n) is 11.2. The molecule has 0 bridgehead atoms. The molecule has 0 saturated carbocycles. The zero-order valence-corrected chi connectivity index (χ0v) is 14.4. The number of nitrogens with two attached hydrogens (primary N) is 1. The number of piperidine rings is 1. The molecule has 1 atom stereocenters. The summed E-state index contributed by atoms with van der Waals surface area (Å²) < 4.78 is 27.5. The molecule has 1 aromatic rings. The standard InChI is InChI=1S/C13H19BrN2O2S.ClH/c14-12-4-1-5-13(9-12)19(17,18)16-8-2-3-11(10-16)6-7-15;/h1,4-5,9,11H,2-3,6-8,10,15H2;1H. The van der Waals surface area contributed by atoms with Gasteiger partial charge >= 0.3 is 0 Å². The molecule has 20 heavy (non-hydrogen) atoms. The first-order valence-corrected chi connectivity index (χ1v) is 8.73. The van der Waals surface area contributed by atoms with Gasteiger partial charge in [-0.3, -0.25) is 0 Å². The maximum atomic E-state index is 12.6. The van der Waals surface area contributed by atoms with Crippen molar-refractivity contribution in [2.45, 2.75) is 24.2 Å². The first-order chi connectivity index (χ1) is 9.04. The Labute approximate surface area is 135 Å². The smallest absolute Gasteiger partial charge is 0.243 e. The van der Waals surface area contributed by atoms with Gasteiger partial charge in [-0.25, -0.2) is 8.42 Å². The van der Waals surface area contributed by atoms with E-state index in [-0.39, 0.29) is 12.4 Å². The number of sulfonamides is 1. The maximum absolute atomic E-state index is 12.6. The average molecular weight is 384 g/mol. The molecule has 0 amide bonds. The van der Waals surface area contributed by atoms with Crippen LogP contribution in [0.1, 0.15) is 19.3 Å². The van der Waals surface area contributed by atoms with Crippen LogP contribution in [0.3, 0.4) is 0 Å². The van der Waals surface area contributed by atoms with Crippen LogP contribution in [0.15, 0.2) is 33.6 Å². The molecule has 1 aliphatic rings. The predicted molar refractivity (Wildman–Crippen MR) is 86.5 cm³/mol. The molecule has 2 N–H and O–H groups in total. The lowest BCUT2D eigenvalue weighted by molar-refractivity contribution is 0.258. The molecule has 4 nitrogen and oxygen atoms in total. The highest BCUT2D eigenvalue weighted by Gasteiger charge is 2.29. The lowest BCUT2D eigenvalue weighted by atomic mass is 9.96. The predicted octanol–water partition coefficient (Wildman–Crippen LogP) is 2.62. The van der Waals surface area contributed by atoms with E-state index in [0.717, 1.165) is 23.7 Å². The fourth-order valence-electron chi connectivity index (χ4n) is 2.49. The summed E-state index contributed by atoms with van der Waals surface area (Å²) in [4.78, 5) is 0.357. The number of halogens is 2. The van der Waals surface area contributed by atoms with Crippen LogP contribution in [0.5, 0.6) is 0 Å². The van der Waals surface area contributed by atoms with Crippen LogP contribution in [-0.4, -0.2) is 32.4 Å². The molecule has 0 aliphatic carbocycles. The minimum atomic E-state index is -3.37. The number of hydrogen-bond acceptors (Lipinski definition) is 3. The Morgan fingerprint density at radius 1 is 1.40 bits per heavy atom. The molecule has 1 aromatic carbocycles. The molecule has 1 saturated heterocycles. The van der Waals surface area contributed by atoms with Crippen LogP contribution in [0.4, 0.5) is 0 Å². The summed E-state index contributed by atoms with van der Waals surface area (Å²) >= 11 is 3.32. The van der Waals surface area contributed by atoms with Gasteiger partial charge in [0.2, 0.25) is 10.0 Å². The fourth-order valence-corrected chi connectivity index (χ4v) is 4.64. The Kier molecular flexibility index (Phi) is 6.94. The van der Waals surface area contributed by atoms with Crippen molar-refractivity contribution in [1.82, 2.24) is 4.31 Å². The Bertz CT molecular complexity index is 537. The van der Waals surface area contributed by atoms with Crippen LogP contribution >= 0.6 is 28.3 Å². The van der Waals surface area contributed by atoms with Crippen LogP contribution in [0, 0.1) is 5.92 Å². The molecule has 1 heterocycles. The summed E-state index contributed by atoms with van der Waals surface area (Å²) in [6.07, 6.45) is 2.88. The summed E-state index contributed by atoms with van der Waals surface area (Å²) in [5, 5.41) is 0. The van der Waals surface area contributed by atoms with E-state index < -0.39 is 10.0 Å². The summed E-state index contributed by atoms with van der Waals surface area (Å²) in [7, 11) is -3.37. The molecule has 7 heteroatoms. The van der Waals surface area contributed by atoms with Gasteiger partial charge in [-0.2, -0.15) is 4.31 Å². The van der Waals surface area contributed by atoms with Gasteiger partial charge in [0, 0.05) is 17.6 Å². The second-order valence-corrected chi connectivity index (χ2v) is 7.76. The molecule has 0 radical (unpaired) electrons. The quantitative estimate of drug-likeness (QED) is 0.869. The van der Waals surface area contributed by atoms with Crippen LogP contribution in [0.2, 0.25) is 0 Å². The van der Waals surface area contributed by atoms with Crippen LogP contribution in [-0.2, 0) is 10.0 Å². The van der Waals surface area contributed by atoms with Gasteiger partial charge in [0.15, 0.2) is 0 Å². The largest absolute Gasteiger partial charge is 0.330 e. The number of rotatable bonds is 4. The summed E-state index contributed by atoms with van der Waals surface area (Å²) in [5.41, 5.74) is 5.57. The third kappa shape index (κ3) is 4.18. The second-order valence-electron chi connectivity index (χ2n) is 4.91. The summed E-state index contributed by atoms with van der Waals surface area (Å²) in [6, 6.07) is 6.87. The average Bonchev–Trinajstić information content (AvgIpc) is 2.39. The molecule has 1 fully saturated rings. The maximum Gasteiger partial charge on any atom is 0.243 e. The lowest BCUT2D eigenvalue weighted by Gasteiger charge is -2.31. The van der Waals surface area contributed by atoms with Crippen molar-refractivity contribution >= 4 is 38.4 Å². The summed E-state index contributed by atoms with van der Waals surface area (Å²) in [5.74, 6) is 0.390. The highest BCUT2D eigenvalue weighted by Crippen LogP contribution is 2.26. The van der Waals surface area contributed by atoms with Gasteiger partial charge < -0.3 is 5.73 Å². The topological polar surface area (TPSA) is 63.4 Å². The van der Waals surface area contributed by atoms with Crippen molar-refractivity contribution in [3.63, 3.8) is 0 Å². The van der Waals surface area contributed by atoms with E-state index in [1.165, 1.54) is 0 Å². The van der Waals surface area contributed by atoms with E-state index in [2.05, 4.69) is 15.9 Å². The monoisotopic (exact) mass is 382 g/mol. The zero-order chi connectivity index (χ0) is 13.9. The van der Waals surface area contributed by atoms with Crippen molar-refractivity contribution in [3.05, 3.63) is 28.7 Å². The van der Waals surface area contributed by atoms with Gasteiger partial charge in [0.05, 0.1) is 4.90 Å². The number of hydrogen-bond donors (Lipinski definition) is 1. The Balaban J connectivity index is 0.00000200. The molecule has 2 rings (SSSR count). The highest BCUT2D eigenvalue weighted by atomic mass is 79.9. The van der Waals surface area contributed by atoms with Crippen LogP contribution in [0.25, 0.3) is 0 Å². The molecule has 114 valence electrons. The van der Waals surface area contributed by atoms with E-state index >= 15 is 0 Å². The van der Waals surface area contributed by atoms with Gasteiger partial charge in [0.1, 0.15) is 0 Å². The van der Waals surface area contributed by atoms with Crippen LogP contribution < -0.4 is 5.73 Å². The Morgan fingerprint density at radius 3 is 2.80 bits per heavy atom. The van der Waals surface area contributed by atoms with E-state index in [4.69, 9.17) is 5.73 Å². The third-order valence-electron chi connectivity index (χ3n) is 3.49. The second kappa shape index (κ2) is 7.75. The molecular weight excluding hydrogens is 364 g/mol. The third-order valence-corrected chi connectivity index (χ3v) is 5.84. The minimum absolute atomic E-state index is 0. The Hall–Kier alpha value is -0.140. The fraction of sp³-hybridized carbons (Fsp3) is 0.538. The summed E-state index contributed by atoms with van der Waals surface area (Å²) in [6.45, 7) is 1.82. The number of nitrogens with zero attached hydrogens (tertiary/aromatic N) is 1. The normalized spacial score (nSPS) is 20.4. The van der Waals surface area contributed by atoms with E-state index in [1.807, 2.05) is 6.07 Å². The molecule has 0 spiro atoms. The van der Waals surface area contributed by atoms with Gasteiger partial charge in [-0.1, -0.05) is 22.0 Å². The lowest BCUT2D eigenvalue weighted by Crippen LogP contribution is -2.40. The number of benzene rings is 1. The van der Waals surface area contributed by atoms with Gasteiger partial charge in [-0.05, 0) is 49.9 Å². The SMILES string of the molecule is Cl.NCCC1CCCN(S(=O)(=O)c2cccc(Br)c2)C1. The Morgan fingerprint density at radius 2 is 2.15 bits per heavy atom.